The Kier molecular flexibility index (Phi) is 6.24. The van der Waals surface area contributed by atoms with Gasteiger partial charge in [-0.3, -0.25) is 0 Å². The van der Waals surface area contributed by atoms with Gasteiger partial charge >= 0.3 is 0 Å². The predicted octanol–water partition coefficient (Wildman–Crippen LogP) is 4.21. The van der Waals surface area contributed by atoms with E-state index in [-0.39, 0.29) is 0 Å². The van der Waals surface area contributed by atoms with E-state index in [1.54, 1.807) is 0 Å². The van der Waals surface area contributed by atoms with Gasteiger partial charge in [-0.25, -0.2) is 0 Å². The van der Waals surface area contributed by atoms with Crippen LogP contribution in [-0.2, 0) is 0 Å². The minimum atomic E-state index is 0.403. The number of hydrogen-bond acceptors (Lipinski definition) is 2. The average Bonchev–Trinajstić information content (AvgIpc) is 2.70. The van der Waals surface area contributed by atoms with Crippen LogP contribution in [0.3, 0.4) is 0 Å². The fourth-order valence-corrected chi connectivity index (χ4v) is 1.90. The Hall–Kier alpha value is -0.760. The van der Waals surface area contributed by atoms with Crippen molar-refractivity contribution in [1.82, 2.24) is 5.32 Å². The molecule has 0 aromatic carbocycles. The molecule has 0 bridgehead atoms. The van der Waals surface area contributed by atoms with Crippen molar-refractivity contribution in [3.63, 3.8) is 0 Å². The van der Waals surface area contributed by atoms with Crippen molar-refractivity contribution in [2.45, 2.75) is 58.9 Å². The number of unbranched alkanes of at least 4 members (excludes halogenated alkanes) is 2. The summed E-state index contributed by atoms with van der Waals surface area (Å²) in [4.78, 5) is 0. The number of hydrogen-bond donors (Lipinski definition) is 1. The third kappa shape index (κ3) is 4.40. The van der Waals surface area contributed by atoms with Crippen molar-refractivity contribution >= 4 is 0 Å². The topological polar surface area (TPSA) is 25.2 Å². The van der Waals surface area contributed by atoms with E-state index in [1.165, 1.54) is 32.1 Å². The van der Waals surface area contributed by atoms with E-state index in [1.807, 2.05) is 6.92 Å². The summed E-state index contributed by atoms with van der Waals surface area (Å²) in [5.74, 6) is 2.11. The molecule has 1 unspecified atom stereocenters. The van der Waals surface area contributed by atoms with E-state index in [2.05, 4.69) is 31.3 Å². The van der Waals surface area contributed by atoms with Crippen LogP contribution in [0.4, 0.5) is 0 Å². The van der Waals surface area contributed by atoms with Gasteiger partial charge in [0.25, 0.3) is 0 Å². The largest absolute Gasteiger partial charge is 0.465 e. The highest BCUT2D eigenvalue weighted by Crippen LogP contribution is 2.22. The molecule has 1 rings (SSSR count). The van der Waals surface area contributed by atoms with Gasteiger partial charge in [-0.15, -0.1) is 0 Å². The maximum absolute atomic E-state index is 5.71. The van der Waals surface area contributed by atoms with Crippen LogP contribution in [-0.4, -0.2) is 6.54 Å². The normalized spacial score (nSPS) is 12.9. The maximum Gasteiger partial charge on any atom is 0.121 e. The molecule has 1 aromatic rings. The van der Waals surface area contributed by atoms with Crippen molar-refractivity contribution in [3.05, 3.63) is 23.7 Å². The molecular weight excluding hydrogens is 198 g/mol. The van der Waals surface area contributed by atoms with Gasteiger partial charge < -0.3 is 9.73 Å². The van der Waals surface area contributed by atoms with Crippen LogP contribution < -0.4 is 5.32 Å². The first-order chi connectivity index (χ1) is 7.77. The lowest BCUT2D eigenvalue weighted by molar-refractivity contribution is 0.376. The zero-order chi connectivity index (χ0) is 11.8. The van der Waals surface area contributed by atoms with E-state index in [4.69, 9.17) is 4.42 Å². The molecule has 0 fully saturated rings. The molecule has 0 saturated carbocycles. The Morgan fingerprint density at radius 1 is 1.19 bits per heavy atom. The second-order valence-corrected chi connectivity index (χ2v) is 4.45. The Morgan fingerprint density at radius 2 is 2.00 bits per heavy atom. The van der Waals surface area contributed by atoms with E-state index in [0.29, 0.717) is 6.04 Å². The van der Waals surface area contributed by atoms with E-state index >= 15 is 0 Å². The van der Waals surface area contributed by atoms with Gasteiger partial charge in [0.15, 0.2) is 0 Å². The van der Waals surface area contributed by atoms with Gasteiger partial charge in [0.05, 0.1) is 6.04 Å². The fraction of sp³-hybridized carbons (Fsp3) is 0.714. The van der Waals surface area contributed by atoms with Crippen LogP contribution in [0.5, 0.6) is 0 Å². The van der Waals surface area contributed by atoms with Crippen molar-refractivity contribution in [3.8, 4) is 0 Å². The summed E-state index contributed by atoms with van der Waals surface area (Å²) in [5.41, 5.74) is 0. The maximum atomic E-state index is 5.71. The number of furan rings is 1. The molecule has 0 radical (unpaired) electrons. The Bertz CT molecular complexity index is 280. The number of aryl methyl sites for hydroxylation is 1. The van der Waals surface area contributed by atoms with Crippen molar-refractivity contribution in [2.75, 3.05) is 6.54 Å². The van der Waals surface area contributed by atoms with Crippen LogP contribution in [0.25, 0.3) is 0 Å². The molecule has 1 N–H and O–H groups in total. The summed E-state index contributed by atoms with van der Waals surface area (Å²) in [5, 5.41) is 3.56. The van der Waals surface area contributed by atoms with Gasteiger partial charge in [0, 0.05) is 0 Å². The summed E-state index contributed by atoms with van der Waals surface area (Å²) in [6.45, 7) is 7.51. The molecule has 0 aliphatic heterocycles. The average molecular weight is 223 g/mol. The highest BCUT2D eigenvalue weighted by Gasteiger charge is 2.13. The van der Waals surface area contributed by atoms with E-state index in [9.17, 15) is 0 Å². The van der Waals surface area contributed by atoms with Crippen LogP contribution in [0.2, 0.25) is 0 Å². The van der Waals surface area contributed by atoms with Gasteiger partial charge in [-0.2, -0.15) is 0 Å². The molecule has 2 nitrogen and oxygen atoms in total. The first-order valence-electron chi connectivity index (χ1n) is 6.57. The fourth-order valence-electron chi connectivity index (χ4n) is 1.90. The summed E-state index contributed by atoms with van der Waals surface area (Å²) >= 11 is 0. The highest BCUT2D eigenvalue weighted by molar-refractivity contribution is 5.09. The molecule has 92 valence electrons. The SMILES string of the molecule is CCCCCC(NCCC)c1ccc(C)o1. The van der Waals surface area contributed by atoms with E-state index in [0.717, 1.165) is 18.1 Å². The minimum Gasteiger partial charge on any atom is -0.465 e. The molecule has 0 aliphatic carbocycles. The molecule has 0 saturated heterocycles. The van der Waals surface area contributed by atoms with Gasteiger partial charge in [-0.05, 0) is 38.4 Å². The quantitative estimate of drug-likeness (QED) is 0.668. The summed E-state index contributed by atoms with van der Waals surface area (Å²) in [7, 11) is 0. The minimum absolute atomic E-state index is 0.403. The molecular formula is C14H25NO. The van der Waals surface area contributed by atoms with Crippen LogP contribution in [0.15, 0.2) is 16.5 Å². The molecule has 0 amide bonds. The Labute approximate surface area is 99.4 Å². The first kappa shape index (κ1) is 13.3. The first-order valence-corrected chi connectivity index (χ1v) is 6.57. The van der Waals surface area contributed by atoms with Gasteiger partial charge in [0.2, 0.25) is 0 Å². The number of nitrogens with one attached hydrogen (secondary N) is 1. The lowest BCUT2D eigenvalue weighted by Crippen LogP contribution is -2.21. The lowest BCUT2D eigenvalue weighted by atomic mass is 10.1. The van der Waals surface area contributed by atoms with E-state index < -0.39 is 0 Å². The van der Waals surface area contributed by atoms with Crippen LogP contribution in [0.1, 0.15) is 63.5 Å². The third-order valence-electron chi connectivity index (χ3n) is 2.84. The van der Waals surface area contributed by atoms with Gasteiger partial charge in [-0.1, -0.05) is 33.1 Å². The second kappa shape index (κ2) is 7.50. The highest BCUT2D eigenvalue weighted by atomic mass is 16.3. The molecule has 0 aliphatic rings. The predicted molar refractivity (Wildman–Crippen MR) is 68.6 cm³/mol. The zero-order valence-electron chi connectivity index (χ0n) is 10.9. The molecule has 0 spiro atoms. The molecule has 2 heteroatoms. The lowest BCUT2D eigenvalue weighted by Gasteiger charge is -2.16. The van der Waals surface area contributed by atoms with Gasteiger partial charge in [0.1, 0.15) is 11.5 Å². The molecule has 1 atom stereocenters. The van der Waals surface area contributed by atoms with Crippen LogP contribution in [0, 0.1) is 6.92 Å². The zero-order valence-corrected chi connectivity index (χ0v) is 10.9. The van der Waals surface area contributed by atoms with Crippen molar-refractivity contribution in [1.29, 1.82) is 0 Å². The number of rotatable bonds is 8. The van der Waals surface area contributed by atoms with Crippen molar-refractivity contribution in [2.24, 2.45) is 0 Å². The molecule has 16 heavy (non-hydrogen) atoms. The van der Waals surface area contributed by atoms with Crippen LogP contribution >= 0.6 is 0 Å². The van der Waals surface area contributed by atoms with Crippen molar-refractivity contribution < 1.29 is 4.42 Å². The molecule has 1 aromatic heterocycles. The second-order valence-electron chi connectivity index (χ2n) is 4.45. The Morgan fingerprint density at radius 3 is 2.56 bits per heavy atom. The Balaban J connectivity index is 2.49. The summed E-state index contributed by atoms with van der Waals surface area (Å²) in [6, 6.07) is 4.56. The summed E-state index contributed by atoms with van der Waals surface area (Å²) in [6.07, 6.45) is 6.21. The standard InChI is InChI=1S/C14H25NO/c1-4-6-7-8-13(15-11-5-2)14-10-9-12(3)16-14/h9-10,13,15H,4-8,11H2,1-3H3. The smallest absolute Gasteiger partial charge is 0.121 e. The molecule has 1 heterocycles. The summed E-state index contributed by atoms with van der Waals surface area (Å²) < 4.78 is 5.71. The monoisotopic (exact) mass is 223 g/mol. The third-order valence-corrected chi connectivity index (χ3v) is 2.84.